The molecular formula is C19H18N2O3. The summed E-state index contributed by atoms with van der Waals surface area (Å²) in [6.45, 7) is 3.72. The molecular weight excluding hydrogens is 304 g/mol. The molecule has 2 aromatic rings. The third-order valence-corrected chi connectivity index (χ3v) is 4.39. The van der Waals surface area contributed by atoms with Crippen molar-refractivity contribution in [2.24, 2.45) is 0 Å². The van der Waals surface area contributed by atoms with E-state index in [9.17, 15) is 5.26 Å². The molecule has 4 rings (SSSR count). The lowest BCUT2D eigenvalue weighted by Gasteiger charge is -2.31. The van der Waals surface area contributed by atoms with Crippen LogP contribution in [0.3, 0.4) is 0 Å². The number of fused-ring (bicyclic) bond motifs is 2. The number of anilines is 2. The minimum absolute atomic E-state index is 0.136. The number of nitriles is 1. The molecule has 0 aliphatic carbocycles. The molecule has 5 heteroatoms. The largest absolute Gasteiger partial charge is 0.454 e. The fourth-order valence-corrected chi connectivity index (χ4v) is 3.24. The second-order valence-electron chi connectivity index (χ2n) is 6.03. The first-order valence-electron chi connectivity index (χ1n) is 8.06. The van der Waals surface area contributed by atoms with Gasteiger partial charge in [-0.2, -0.15) is 5.26 Å². The van der Waals surface area contributed by atoms with E-state index in [1.807, 2.05) is 36.4 Å². The summed E-state index contributed by atoms with van der Waals surface area (Å²) in [6.07, 6.45) is 0.919. The molecule has 2 heterocycles. The Bertz CT molecular complexity index is 813. The lowest BCUT2D eigenvalue weighted by Crippen LogP contribution is -2.29. The summed E-state index contributed by atoms with van der Waals surface area (Å²) < 4.78 is 16.8. The van der Waals surface area contributed by atoms with Crippen LogP contribution in [0.2, 0.25) is 0 Å². The zero-order valence-corrected chi connectivity index (χ0v) is 13.5. The van der Waals surface area contributed by atoms with Gasteiger partial charge in [-0.05, 0) is 42.8 Å². The predicted octanol–water partition coefficient (Wildman–Crippen LogP) is 3.39. The predicted molar refractivity (Wildman–Crippen MR) is 89.8 cm³/mol. The minimum Gasteiger partial charge on any atom is -0.454 e. The van der Waals surface area contributed by atoms with E-state index in [1.165, 1.54) is 0 Å². The van der Waals surface area contributed by atoms with Crippen LogP contribution < -0.4 is 14.4 Å². The van der Waals surface area contributed by atoms with Crippen molar-refractivity contribution < 1.29 is 14.2 Å². The average molecular weight is 322 g/mol. The average Bonchev–Trinajstić information content (AvgIpc) is 3.05. The van der Waals surface area contributed by atoms with Crippen LogP contribution in [0.5, 0.6) is 11.5 Å². The van der Waals surface area contributed by atoms with Crippen LogP contribution in [0.1, 0.15) is 18.1 Å². The van der Waals surface area contributed by atoms with E-state index in [2.05, 4.69) is 17.9 Å². The van der Waals surface area contributed by atoms with Gasteiger partial charge in [0.25, 0.3) is 0 Å². The van der Waals surface area contributed by atoms with Crippen molar-refractivity contribution in [1.82, 2.24) is 0 Å². The fraction of sp³-hybridized carbons (Fsp3) is 0.316. The first kappa shape index (κ1) is 14.9. The van der Waals surface area contributed by atoms with Crippen molar-refractivity contribution in [2.45, 2.75) is 19.4 Å². The molecule has 0 aromatic heterocycles. The van der Waals surface area contributed by atoms with E-state index in [-0.39, 0.29) is 12.9 Å². The van der Waals surface area contributed by atoms with E-state index < -0.39 is 0 Å². The third-order valence-electron chi connectivity index (χ3n) is 4.39. The summed E-state index contributed by atoms with van der Waals surface area (Å²) >= 11 is 0. The molecule has 1 unspecified atom stereocenters. The quantitative estimate of drug-likeness (QED) is 0.805. The number of hydrogen-bond donors (Lipinski definition) is 0. The van der Waals surface area contributed by atoms with Crippen LogP contribution in [0, 0.1) is 11.3 Å². The molecule has 0 radical (unpaired) electrons. The van der Waals surface area contributed by atoms with Crippen LogP contribution >= 0.6 is 0 Å². The number of nitrogens with zero attached hydrogens (tertiary/aromatic N) is 2. The normalized spacial score (nSPS) is 19.2. The van der Waals surface area contributed by atoms with Crippen molar-refractivity contribution in [3.05, 3.63) is 47.5 Å². The van der Waals surface area contributed by atoms with E-state index in [0.29, 0.717) is 12.2 Å². The lowest BCUT2D eigenvalue weighted by molar-refractivity contribution is 0.0703. The lowest BCUT2D eigenvalue weighted by atomic mass is 10.0. The van der Waals surface area contributed by atoms with Gasteiger partial charge < -0.3 is 19.1 Å². The van der Waals surface area contributed by atoms with Crippen molar-refractivity contribution in [1.29, 1.82) is 5.26 Å². The maximum atomic E-state index is 9.19. The molecule has 2 aromatic carbocycles. The summed E-state index contributed by atoms with van der Waals surface area (Å²) in [6, 6.07) is 14.0. The molecule has 2 aliphatic heterocycles. The SMILES string of the molecule is CC1Cc2cc(C#N)ccc2N(c2ccc3c(c2)OCO3)CCO1. The zero-order valence-electron chi connectivity index (χ0n) is 13.5. The Labute approximate surface area is 141 Å². The summed E-state index contributed by atoms with van der Waals surface area (Å²) in [5.74, 6) is 1.54. The Kier molecular flexibility index (Phi) is 3.75. The van der Waals surface area contributed by atoms with Crippen molar-refractivity contribution in [2.75, 3.05) is 24.8 Å². The van der Waals surface area contributed by atoms with Crippen molar-refractivity contribution in [3.8, 4) is 17.6 Å². The molecule has 0 bridgehead atoms. The fourth-order valence-electron chi connectivity index (χ4n) is 3.24. The topological polar surface area (TPSA) is 54.7 Å². The highest BCUT2D eigenvalue weighted by Gasteiger charge is 2.22. The molecule has 1 atom stereocenters. The number of benzene rings is 2. The molecule has 0 spiro atoms. The first-order chi connectivity index (χ1) is 11.7. The number of hydrogen-bond acceptors (Lipinski definition) is 5. The van der Waals surface area contributed by atoms with E-state index >= 15 is 0 Å². The molecule has 5 nitrogen and oxygen atoms in total. The standard InChI is InChI=1S/C19H18N2O3/c1-13-8-15-9-14(11-20)2-4-17(15)21(6-7-22-13)16-3-5-18-19(10-16)24-12-23-18/h2-5,9-10,13H,6-8,12H2,1H3. The molecule has 0 saturated heterocycles. The molecule has 0 fully saturated rings. The van der Waals surface area contributed by atoms with Crippen LogP contribution in [-0.4, -0.2) is 26.0 Å². The number of ether oxygens (including phenoxy) is 3. The summed E-state index contributed by atoms with van der Waals surface area (Å²) in [7, 11) is 0. The Morgan fingerprint density at radius 1 is 1.12 bits per heavy atom. The van der Waals surface area contributed by atoms with Gasteiger partial charge in [-0.15, -0.1) is 0 Å². The van der Waals surface area contributed by atoms with Gasteiger partial charge in [-0.1, -0.05) is 0 Å². The maximum absolute atomic E-state index is 9.19. The van der Waals surface area contributed by atoms with Crippen LogP contribution in [0.25, 0.3) is 0 Å². The van der Waals surface area contributed by atoms with Gasteiger partial charge in [-0.3, -0.25) is 0 Å². The molecule has 0 saturated carbocycles. The Hall–Kier alpha value is -2.71. The summed E-state index contributed by atoms with van der Waals surface area (Å²) in [5, 5.41) is 9.19. The van der Waals surface area contributed by atoms with Crippen LogP contribution in [0.15, 0.2) is 36.4 Å². The van der Waals surface area contributed by atoms with Gasteiger partial charge in [0.2, 0.25) is 6.79 Å². The molecule has 24 heavy (non-hydrogen) atoms. The third kappa shape index (κ3) is 2.66. The van der Waals surface area contributed by atoms with E-state index in [1.54, 1.807) is 0 Å². The minimum atomic E-state index is 0.136. The summed E-state index contributed by atoms with van der Waals surface area (Å²) in [5.41, 5.74) is 3.94. The van der Waals surface area contributed by atoms with Crippen molar-refractivity contribution >= 4 is 11.4 Å². The van der Waals surface area contributed by atoms with Gasteiger partial charge >= 0.3 is 0 Å². The molecule has 0 amide bonds. The Balaban J connectivity index is 1.78. The Morgan fingerprint density at radius 2 is 2.00 bits per heavy atom. The molecule has 2 aliphatic rings. The van der Waals surface area contributed by atoms with Gasteiger partial charge in [0.15, 0.2) is 11.5 Å². The highest BCUT2D eigenvalue weighted by atomic mass is 16.7. The number of rotatable bonds is 1. The molecule has 0 N–H and O–H groups in total. The van der Waals surface area contributed by atoms with Crippen LogP contribution in [0.4, 0.5) is 11.4 Å². The Morgan fingerprint density at radius 3 is 2.88 bits per heavy atom. The van der Waals surface area contributed by atoms with E-state index in [4.69, 9.17) is 14.2 Å². The smallest absolute Gasteiger partial charge is 0.231 e. The monoisotopic (exact) mass is 322 g/mol. The van der Waals surface area contributed by atoms with Crippen LogP contribution in [-0.2, 0) is 11.2 Å². The van der Waals surface area contributed by atoms with Gasteiger partial charge in [-0.25, -0.2) is 0 Å². The molecule has 122 valence electrons. The van der Waals surface area contributed by atoms with Crippen molar-refractivity contribution in [3.63, 3.8) is 0 Å². The second kappa shape index (κ2) is 6.06. The van der Waals surface area contributed by atoms with E-state index in [0.717, 1.165) is 41.4 Å². The highest BCUT2D eigenvalue weighted by molar-refractivity contribution is 5.70. The van der Waals surface area contributed by atoms with Gasteiger partial charge in [0.05, 0.1) is 24.3 Å². The summed E-state index contributed by atoms with van der Waals surface area (Å²) in [4.78, 5) is 2.21. The van der Waals surface area contributed by atoms with Gasteiger partial charge in [0, 0.05) is 30.4 Å². The zero-order chi connectivity index (χ0) is 16.5. The maximum Gasteiger partial charge on any atom is 0.231 e. The first-order valence-corrected chi connectivity index (χ1v) is 8.06. The second-order valence-corrected chi connectivity index (χ2v) is 6.03. The highest BCUT2D eigenvalue weighted by Crippen LogP contribution is 2.39. The van der Waals surface area contributed by atoms with Gasteiger partial charge in [0.1, 0.15) is 0 Å².